The van der Waals surface area contributed by atoms with E-state index >= 15 is 0 Å². The molecule has 0 aliphatic carbocycles. The van der Waals surface area contributed by atoms with Gasteiger partial charge in [0.2, 0.25) is 5.91 Å². The Kier molecular flexibility index (Phi) is 40.7. The van der Waals surface area contributed by atoms with Crippen LogP contribution in [0.2, 0.25) is 0 Å². The van der Waals surface area contributed by atoms with Crippen molar-refractivity contribution in [3.05, 3.63) is 48.6 Å². The number of hydrogen-bond acceptors (Lipinski definition) is 10. The average Bonchev–Trinajstić information content (AvgIpc) is 3.31. The van der Waals surface area contributed by atoms with Gasteiger partial charge in [0.05, 0.1) is 25.4 Å². The van der Waals surface area contributed by atoms with Crippen LogP contribution in [-0.2, 0) is 14.3 Å². The smallest absolute Gasteiger partial charge is 0.249 e. The van der Waals surface area contributed by atoms with Crippen LogP contribution in [0.1, 0.15) is 219 Å². The summed E-state index contributed by atoms with van der Waals surface area (Å²) in [6, 6.07) is -1.20. The molecule has 1 heterocycles. The van der Waals surface area contributed by atoms with Gasteiger partial charge in [0, 0.05) is 0 Å². The van der Waals surface area contributed by atoms with Gasteiger partial charge < -0.3 is 50.5 Å². The zero-order valence-electron chi connectivity index (χ0n) is 41.2. The summed E-state index contributed by atoms with van der Waals surface area (Å²) in [5, 5.41) is 75.8. The number of ether oxygens (including phenoxy) is 2. The molecule has 1 aliphatic rings. The monoisotopic (exact) mass is 922 g/mol. The van der Waals surface area contributed by atoms with E-state index in [0.717, 1.165) is 51.4 Å². The summed E-state index contributed by atoms with van der Waals surface area (Å²) in [5.74, 6) is -0.716. The Hall–Kier alpha value is -1.93. The number of amides is 1. The summed E-state index contributed by atoms with van der Waals surface area (Å²) in [5.41, 5.74) is 0. The predicted octanol–water partition coefficient (Wildman–Crippen LogP) is 10.1. The summed E-state index contributed by atoms with van der Waals surface area (Å²) in [4.78, 5) is 13.1. The number of aliphatic hydroxyl groups excluding tert-OH is 7. The van der Waals surface area contributed by atoms with Gasteiger partial charge in [0.25, 0.3) is 0 Å². The summed E-state index contributed by atoms with van der Waals surface area (Å²) >= 11 is 0. The summed E-state index contributed by atoms with van der Waals surface area (Å²) < 4.78 is 11.1. The fourth-order valence-corrected chi connectivity index (χ4v) is 8.24. The van der Waals surface area contributed by atoms with Crippen LogP contribution in [0.3, 0.4) is 0 Å². The maximum Gasteiger partial charge on any atom is 0.249 e. The van der Waals surface area contributed by atoms with E-state index in [1.165, 1.54) is 122 Å². The Morgan fingerprint density at radius 3 is 1.45 bits per heavy atom. The molecule has 0 bridgehead atoms. The Morgan fingerprint density at radius 1 is 0.538 bits per heavy atom. The SMILES string of the molecule is CC/C=C/CC/C=C/CC/C=C/CCCC(O)C(O)C(COC1OC(CO)C(O)C(O)C1O)NC(=O)C(O)CCCCCCCCCCC/C=C\CCCCCCCCCCCCCC. The molecule has 1 amide bonds. The van der Waals surface area contributed by atoms with Crippen molar-refractivity contribution in [1.29, 1.82) is 0 Å². The molecule has 8 N–H and O–H groups in total. The largest absolute Gasteiger partial charge is 0.394 e. The molecular formula is C54H99NO10. The quantitative estimate of drug-likeness (QED) is 0.0216. The van der Waals surface area contributed by atoms with Crippen LogP contribution in [0, 0.1) is 0 Å². The number of nitrogens with one attached hydrogen (secondary N) is 1. The number of hydrogen-bond donors (Lipinski definition) is 8. The topological polar surface area (TPSA) is 189 Å². The predicted molar refractivity (Wildman–Crippen MR) is 265 cm³/mol. The lowest BCUT2D eigenvalue weighted by Gasteiger charge is -2.40. The second-order valence-electron chi connectivity index (χ2n) is 18.5. The number of unbranched alkanes of at least 4 members (excludes halogenated alkanes) is 24. The van der Waals surface area contributed by atoms with Gasteiger partial charge in [0.1, 0.15) is 36.6 Å². The van der Waals surface area contributed by atoms with E-state index in [-0.39, 0.29) is 12.8 Å². The number of rotatable bonds is 44. The maximum atomic E-state index is 13.1. The molecule has 0 saturated carbocycles. The molecule has 9 unspecified atom stereocenters. The standard InChI is InChI=1S/C54H99NO10/c1-3-5-7-9-11-13-15-17-18-19-20-21-22-23-24-25-26-27-28-30-32-34-36-38-40-42-47(58)53(63)55-45(44-64-54-52(62)51(61)50(60)48(43-56)65-54)49(59)46(57)41-39-37-35-33-31-29-16-14-12-10-8-6-4-2/h6,8,14,16,23-24,33,35,45-52,54,56-62H,3-5,7,9-13,15,17-22,25-32,34,36-44H2,1-2H3,(H,55,63)/b8-6+,16-14+,24-23-,35-33+. The summed E-state index contributed by atoms with van der Waals surface area (Å²) in [6.07, 6.45) is 41.8. The molecule has 0 aromatic heterocycles. The first-order valence-corrected chi connectivity index (χ1v) is 26.5. The van der Waals surface area contributed by atoms with Crippen LogP contribution in [0.15, 0.2) is 48.6 Å². The van der Waals surface area contributed by atoms with Crippen LogP contribution < -0.4 is 5.32 Å². The van der Waals surface area contributed by atoms with Gasteiger partial charge >= 0.3 is 0 Å². The number of carbonyl (C=O) groups is 1. The molecular weight excluding hydrogens is 823 g/mol. The number of carbonyl (C=O) groups excluding carboxylic acids is 1. The lowest BCUT2D eigenvalue weighted by Crippen LogP contribution is -2.60. The van der Waals surface area contributed by atoms with Crippen molar-refractivity contribution >= 4 is 5.91 Å². The molecule has 1 aliphatic heterocycles. The van der Waals surface area contributed by atoms with Crippen molar-refractivity contribution in [2.24, 2.45) is 0 Å². The Balaban J connectivity index is 2.33. The third-order valence-electron chi connectivity index (χ3n) is 12.6. The van der Waals surface area contributed by atoms with Gasteiger partial charge in [0.15, 0.2) is 6.29 Å². The second-order valence-corrected chi connectivity index (χ2v) is 18.5. The van der Waals surface area contributed by atoms with E-state index in [2.05, 4.69) is 67.8 Å². The Morgan fingerprint density at radius 2 is 0.969 bits per heavy atom. The average molecular weight is 922 g/mol. The maximum absolute atomic E-state index is 13.1. The van der Waals surface area contributed by atoms with E-state index in [1.807, 2.05) is 0 Å². The molecule has 0 radical (unpaired) electrons. The zero-order chi connectivity index (χ0) is 47.6. The first-order valence-electron chi connectivity index (χ1n) is 26.5. The minimum absolute atomic E-state index is 0.239. The van der Waals surface area contributed by atoms with Crippen molar-refractivity contribution in [3.63, 3.8) is 0 Å². The highest BCUT2D eigenvalue weighted by Gasteiger charge is 2.44. The summed E-state index contributed by atoms with van der Waals surface area (Å²) in [7, 11) is 0. The lowest BCUT2D eigenvalue weighted by atomic mass is 9.98. The molecule has 380 valence electrons. The van der Waals surface area contributed by atoms with Gasteiger partial charge in [-0.3, -0.25) is 4.79 Å². The zero-order valence-corrected chi connectivity index (χ0v) is 41.2. The van der Waals surface area contributed by atoms with Crippen molar-refractivity contribution in [1.82, 2.24) is 5.32 Å². The van der Waals surface area contributed by atoms with E-state index < -0.39 is 74.2 Å². The molecule has 0 aromatic rings. The van der Waals surface area contributed by atoms with Gasteiger partial charge in [-0.1, -0.05) is 184 Å². The molecule has 1 rings (SSSR count). The minimum atomic E-state index is -1.67. The van der Waals surface area contributed by atoms with E-state index in [0.29, 0.717) is 19.3 Å². The second kappa shape index (κ2) is 43.4. The van der Waals surface area contributed by atoms with Crippen LogP contribution in [0.25, 0.3) is 0 Å². The highest BCUT2D eigenvalue weighted by Crippen LogP contribution is 2.23. The van der Waals surface area contributed by atoms with Crippen molar-refractivity contribution in [3.8, 4) is 0 Å². The Labute approximate surface area is 396 Å². The number of allylic oxidation sites excluding steroid dienone is 8. The highest BCUT2D eigenvalue weighted by molar-refractivity contribution is 5.80. The fraction of sp³-hybridized carbons (Fsp3) is 0.833. The van der Waals surface area contributed by atoms with E-state index in [4.69, 9.17) is 9.47 Å². The normalized spacial score (nSPS) is 21.3. The van der Waals surface area contributed by atoms with E-state index in [1.54, 1.807) is 0 Å². The lowest BCUT2D eigenvalue weighted by molar-refractivity contribution is -0.303. The third kappa shape index (κ3) is 32.5. The van der Waals surface area contributed by atoms with Gasteiger partial charge in [-0.25, -0.2) is 0 Å². The first-order chi connectivity index (χ1) is 31.7. The van der Waals surface area contributed by atoms with Crippen LogP contribution in [-0.4, -0.2) is 110 Å². The van der Waals surface area contributed by atoms with Gasteiger partial charge in [-0.05, 0) is 83.5 Å². The first kappa shape index (κ1) is 61.1. The van der Waals surface area contributed by atoms with Crippen LogP contribution in [0.5, 0.6) is 0 Å². The van der Waals surface area contributed by atoms with Crippen molar-refractivity contribution in [2.45, 2.75) is 274 Å². The van der Waals surface area contributed by atoms with Crippen molar-refractivity contribution < 1.29 is 50.0 Å². The molecule has 11 heteroatoms. The molecule has 1 fully saturated rings. The van der Waals surface area contributed by atoms with Crippen molar-refractivity contribution in [2.75, 3.05) is 13.2 Å². The molecule has 65 heavy (non-hydrogen) atoms. The van der Waals surface area contributed by atoms with Crippen LogP contribution in [0.4, 0.5) is 0 Å². The highest BCUT2D eigenvalue weighted by atomic mass is 16.7. The van der Waals surface area contributed by atoms with Gasteiger partial charge in [-0.2, -0.15) is 0 Å². The molecule has 9 atom stereocenters. The molecule has 11 nitrogen and oxygen atoms in total. The Bertz CT molecular complexity index is 1190. The van der Waals surface area contributed by atoms with Gasteiger partial charge in [-0.15, -0.1) is 0 Å². The minimum Gasteiger partial charge on any atom is -0.394 e. The van der Waals surface area contributed by atoms with Crippen LogP contribution >= 0.6 is 0 Å². The molecule has 0 aromatic carbocycles. The number of aliphatic hydroxyl groups is 7. The fourth-order valence-electron chi connectivity index (χ4n) is 8.24. The third-order valence-corrected chi connectivity index (χ3v) is 12.6. The summed E-state index contributed by atoms with van der Waals surface area (Å²) in [6.45, 7) is 3.32. The van der Waals surface area contributed by atoms with E-state index in [9.17, 15) is 40.5 Å². The molecule has 1 saturated heterocycles. The molecule has 0 spiro atoms.